The number of Topliss-reactive ketones (excluding diaryl/α,β-unsaturated/α-hetero) is 1. The SMILES string of the molecule is CC(=O)NC(=O)[C@]1(C(C)=O)Cc2cc(N3C[C@@H]4C(N)[C@@H]4C3)cc(F)c2N2C[C@@H](C)O[C@@H](C)[C@@H]21. The van der Waals surface area contributed by atoms with E-state index in [1.54, 1.807) is 13.0 Å². The van der Waals surface area contributed by atoms with E-state index in [1.807, 2.05) is 17.9 Å². The van der Waals surface area contributed by atoms with Gasteiger partial charge in [-0.1, -0.05) is 0 Å². The van der Waals surface area contributed by atoms with Gasteiger partial charge in [0, 0.05) is 38.3 Å². The third kappa shape index (κ3) is 3.27. The number of imide groups is 1. The Labute approximate surface area is 192 Å². The fraction of sp³-hybridized carbons (Fsp3) is 0.625. The van der Waals surface area contributed by atoms with Crippen LogP contribution in [0, 0.1) is 23.1 Å². The molecule has 8 nitrogen and oxygen atoms in total. The van der Waals surface area contributed by atoms with Crippen LogP contribution in [0.2, 0.25) is 0 Å². The number of benzene rings is 1. The first-order valence-electron chi connectivity index (χ1n) is 11.6. The predicted molar refractivity (Wildman–Crippen MR) is 120 cm³/mol. The Hall–Kier alpha value is -2.52. The number of carbonyl (C=O) groups excluding carboxylic acids is 3. The second-order valence-electron chi connectivity index (χ2n) is 10.2. The van der Waals surface area contributed by atoms with Gasteiger partial charge in [0.1, 0.15) is 17.0 Å². The van der Waals surface area contributed by atoms with E-state index in [9.17, 15) is 14.4 Å². The number of amides is 2. The second-order valence-corrected chi connectivity index (χ2v) is 10.2. The fourth-order valence-electron chi connectivity index (χ4n) is 6.47. The average molecular weight is 459 g/mol. The lowest BCUT2D eigenvalue weighted by molar-refractivity contribution is -0.151. The van der Waals surface area contributed by atoms with Gasteiger partial charge in [-0.25, -0.2) is 4.39 Å². The van der Waals surface area contributed by atoms with Crippen LogP contribution in [0.15, 0.2) is 12.1 Å². The summed E-state index contributed by atoms with van der Waals surface area (Å²) in [7, 11) is 0. The molecule has 0 aromatic heterocycles. The van der Waals surface area contributed by atoms with Crippen molar-refractivity contribution < 1.29 is 23.5 Å². The molecular weight excluding hydrogens is 427 g/mol. The minimum absolute atomic E-state index is 0.00496. The maximum atomic E-state index is 15.7. The fourth-order valence-corrected chi connectivity index (χ4v) is 6.47. The summed E-state index contributed by atoms with van der Waals surface area (Å²) >= 11 is 0. The van der Waals surface area contributed by atoms with Gasteiger partial charge < -0.3 is 20.3 Å². The Bertz CT molecular complexity index is 1040. The maximum absolute atomic E-state index is 15.7. The van der Waals surface area contributed by atoms with Crippen molar-refractivity contribution in [3.8, 4) is 0 Å². The first-order valence-corrected chi connectivity index (χ1v) is 11.6. The van der Waals surface area contributed by atoms with Crippen LogP contribution in [0.1, 0.15) is 33.3 Å². The number of anilines is 2. The Morgan fingerprint density at radius 3 is 2.42 bits per heavy atom. The number of hydrogen-bond donors (Lipinski definition) is 2. The van der Waals surface area contributed by atoms with Gasteiger partial charge in [-0.2, -0.15) is 0 Å². The molecule has 3 aliphatic heterocycles. The molecule has 0 bridgehead atoms. The molecule has 9 heteroatoms. The van der Waals surface area contributed by atoms with Gasteiger partial charge in [-0.3, -0.25) is 19.7 Å². The third-order valence-corrected chi connectivity index (χ3v) is 8.02. The number of morpholine rings is 1. The lowest BCUT2D eigenvalue weighted by Gasteiger charge is -2.54. The molecule has 7 atom stereocenters. The van der Waals surface area contributed by atoms with Gasteiger partial charge in [0.05, 0.1) is 23.9 Å². The molecule has 0 radical (unpaired) electrons. The summed E-state index contributed by atoms with van der Waals surface area (Å²) in [5.41, 5.74) is 6.25. The van der Waals surface area contributed by atoms with Crippen LogP contribution in [0.5, 0.6) is 0 Å². The molecule has 3 N–H and O–H groups in total. The number of halogens is 1. The molecule has 33 heavy (non-hydrogen) atoms. The molecule has 3 heterocycles. The summed E-state index contributed by atoms with van der Waals surface area (Å²) in [6, 6.07) is 2.94. The summed E-state index contributed by atoms with van der Waals surface area (Å²) < 4.78 is 21.7. The van der Waals surface area contributed by atoms with Gasteiger partial charge in [0.2, 0.25) is 11.8 Å². The number of ether oxygens (including phenoxy) is 1. The number of nitrogens with zero attached hydrogens (tertiary/aromatic N) is 2. The van der Waals surface area contributed by atoms with Crippen LogP contribution in [-0.4, -0.2) is 61.5 Å². The molecule has 1 unspecified atom stereocenters. The molecule has 1 aromatic rings. The molecule has 5 rings (SSSR count). The van der Waals surface area contributed by atoms with Gasteiger partial charge in [-0.15, -0.1) is 0 Å². The van der Waals surface area contributed by atoms with Gasteiger partial charge in [0.15, 0.2) is 0 Å². The van der Waals surface area contributed by atoms with E-state index < -0.39 is 29.4 Å². The van der Waals surface area contributed by atoms with E-state index in [0.717, 1.165) is 18.8 Å². The minimum atomic E-state index is -1.57. The van der Waals surface area contributed by atoms with Crippen molar-refractivity contribution >= 4 is 29.0 Å². The molecule has 1 saturated carbocycles. The van der Waals surface area contributed by atoms with E-state index in [4.69, 9.17) is 10.5 Å². The molecule has 4 aliphatic rings. The van der Waals surface area contributed by atoms with Gasteiger partial charge in [-0.05, 0) is 56.7 Å². The Kier molecular flexibility index (Phi) is 5.06. The average Bonchev–Trinajstić information content (AvgIpc) is 3.11. The monoisotopic (exact) mass is 458 g/mol. The summed E-state index contributed by atoms with van der Waals surface area (Å²) in [6.45, 7) is 8.18. The number of carbonyl (C=O) groups is 3. The quantitative estimate of drug-likeness (QED) is 0.651. The van der Waals surface area contributed by atoms with Crippen LogP contribution < -0.4 is 20.9 Å². The molecule has 2 saturated heterocycles. The zero-order valence-corrected chi connectivity index (χ0v) is 19.4. The minimum Gasteiger partial charge on any atom is -0.372 e. The maximum Gasteiger partial charge on any atom is 0.242 e. The molecule has 0 spiro atoms. The summed E-state index contributed by atoms with van der Waals surface area (Å²) in [5, 5.41) is 2.33. The van der Waals surface area contributed by atoms with Gasteiger partial charge in [0.25, 0.3) is 0 Å². The number of hydrogen-bond acceptors (Lipinski definition) is 7. The Morgan fingerprint density at radius 1 is 1.15 bits per heavy atom. The summed E-state index contributed by atoms with van der Waals surface area (Å²) in [4.78, 5) is 42.3. The van der Waals surface area contributed by atoms with Crippen LogP contribution in [0.3, 0.4) is 0 Å². The predicted octanol–water partition coefficient (Wildman–Crippen LogP) is 0.995. The number of ketones is 1. The highest BCUT2D eigenvalue weighted by Crippen LogP contribution is 2.50. The first kappa shape index (κ1) is 22.3. The largest absolute Gasteiger partial charge is 0.372 e. The van der Waals surface area contributed by atoms with Crippen LogP contribution in [0.4, 0.5) is 15.8 Å². The van der Waals surface area contributed by atoms with Crippen molar-refractivity contribution in [2.24, 2.45) is 23.0 Å². The van der Waals surface area contributed by atoms with Crippen LogP contribution in [-0.2, 0) is 25.5 Å². The second kappa shape index (κ2) is 7.50. The molecule has 178 valence electrons. The number of piperidine rings is 1. The van der Waals surface area contributed by atoms with Crippen LogP contribution >= 0.6 is 0 Å². The molecule has 3 fully saturated rings. The third-order valence-electron chi connectivity index (χ3n) is 8.02. The normalized spacial score (nSPS) is 36.5. The summed E-state index contributed by atoms with van der Waals surface area (Å²) in [5.74, 6) is -1.07. The Balaban J connectivity index is 1.62. The zero-order chi connectivity index (χ0) is 23.8. The molecule has 1 aromatic carbocycles. The molecular formula is C24H31FN4O4. The lowest BCUT2D eigenvalue weighted by atomic mass is 9.65. The van der Waals surface area contributed by atoms with E-state index in [2.05, 4.69) is 10.2 Å². The van der Waals surface area contributed by atoms with Crippen molar-refractivity contribution in [2.45, 2.75) is 58.4 Å². The highest BCUT2D eigenvalue weighted by atomic mass is 19.1. The van der Waals surface area contributed by atoms with E-state index in [1.165, 1.54) is 13.8 Å². The van der Waals surface area contributed by atoms with Crippen molar-refractivity contribution in [2.75, 3.05) is 29.4 Å². The number of rotatable bonds is 3. The highest BCUT2D eigenvalue weighted by molar-refractivity contribution is 6.11. The van der Waals surface area contributed by atoms with E-state index in [0.29, 0.717) is 29.6 Å². The smallest absolute Gasteiger partial charge is 0.242 e. The molecule has 1 aliphatic carbocycles. The topological polar surface area (TPSA) is 105 Å². The van der Waals surface area contributed by atoms with Crippen molar-refractivity contribution in [1.29, 1.82) is 0 Å². The number of nitrogens with two attached hydrogens (primary N) is 1. The highest BCUT2D eigenvalue weighted by Gasteiger charge is 2.60. The number of nitrogens with one attached hydrogen (secondary N) is 1. The van der Waals surface area contributed by atoms with Crippen molar-refractivity contribution in [1.82, 2.24) is 5.32 Å². The van der Waals surface area contributed by atoms with Crippen molar-refractivity contribution in [3.63, 3.8) is 0 Å². The standard InChI is InChI=1S/C24H31FN4O4/c1-11-8-29-21-15(5-16(6-19(21)25)28-9-17-18(10-28)20(17)26)7-24(13(3)30,22(29)12(2)33-11)23(32)27-14(4)31/h5-6,11-12,17-18,20,22H,7-10,26H2,1-4H3,(H,27,31,32)/t11-,12+,17-,18+,20?,22-,24+/m1/s1. The Morgan fingerprint density at radius 2 is 1.82 bits per heavy atom. The van der Waals surface area contributed by atoms with Crippen molar-refractivity contribution in [3.05, 3.63) is 23.5 Å². The first-order chi connectivity index (χ1) is 15.5. The zero-order valence-electron chi connectivity index (χ0n) is 19.4. The lowest BCUT2D eigenvalue weighted by Crippen LogP contribution is -2.70. The molecule has 2 amide bonds. The van der Waals surface area contributed by atoms with E-state index >= 15 is 4.39 Å². The van der Waals surface area contributed by atoms with E-state index in [-0.39, 0.29) is 30.2 Å². The van der Waals surface area contributed by atoms with Gasteiger partial charge >= 0.3 is 0 Å². The van der Waals surface area contributed by atoms with Crippen LogP contribution in [0.25, 0.3) is 0 Å². The summed E-state index contributed by atoms with van der Waals surface area (Å²) in [6.07, 6.45) is -0.728. The number of fused-ring (bicyclic) bond motifs is 4.